The van der Waals surface area contributed by atoms with Crippen molar-refractivity contribution in [3.05, 3.63) is 29.6 Å². The summed E-state index contributed by atoms with van der Waals surface area (Å²) in [5, 5.41) is 3.60. The van der Waals surface area contributed by atoms with Crippen LogP contribution in [0.25, 0.3) is 0 Å². The zero-order valence-electron chi connectivity index (χ0n) is 13.3. The predicted molar refractivity (Wildman–Crippen MR) is 84.4 cm³/mol. The number of hydrogen-bond donors (Lipinski definition) is 1. The third-order valence-corrected chi connectivity index (χ3v) is 5.17. The maximum atomic E-state index is 5.57. The second kappa shape index (κ2) is 6.42. The van der Waals surface area contributed by atoms with Crippen LogP contribution in [0.1, 0.15) is 42.9 Å². The molecular formula is C17H27N3O. The van der Waals surface area contributed by atoms with E-state index in [2.05, 4.69) is 35.2 Å². The van der Waals surface area contributed by atoms with Crippen molar-refractivity contribution in [1.29, 1.82) is 0 Å². The third-order valence-electron chi connectivity index (χ3n) is 5.17. The molecule has 4 heteroatoms. The minimum absolute atomic E-state index is 0.230. The molecule has 2 aliphatic rings. The van der Waals surface area contributed by atoms with E-state index in [4.69, 9.17) is 4.74 Å². The Hall–Kier alpha value is -0.970. The normalized spacial score (nSPS) is 24.1. The van der Waals surface area contributed by atoms with Crippen LogP contribution in [0.5, 0.6) is 0 Å². The fourth-order valence-corrected chi connectivity index (χ4v) is 4.27. The third kappa shape index (κ3) is 2.85. The van der Waals surface area contributed by atoms with Crippen molar-refractivity contribution >= 4 is 0 Å². The molecule has 0 radical (unpaired) electrons. The molecule has 0 spiro atoms. The standard InChI is InChI=1S/C17H27N3O/c1-14-11-15(13-19-12-14)16(18-2)17(5-3-4-6-17)20-7-9-21-10-8-20/h11-13,16,18H,3-10H2,1-2H3. The first-order valence-electron chi connectivity index (χ1n) is 8.18. The summed E-state index contributed by atoms with van der Waals surface area (Å²) in [6, 6.07) is 2.64. The molecule has 1 aliphatic carbocycles. The van der Waals surface area contributed by atoms with Crippen molar-refractivity contribution in [2.75, 3.05) is 33.4 Å². The van der Waals surface area contributed by atoms with Gasteiger partial charge in [0.1, 0.15) is 0 Å². The molecule has 4 nitrogen and oxygen atoms in total. The lowest BCUT2D eigenvalue weighted by atomic mass is 9.82. The summed E-state index contributed by atoms with van der Waals surface area (Å²) in [5.41, 5.74) is 2.79. The largest absolute Gasteiger partial charge is 0.379 e. The Morgan fingerprint density at radius 2 is 1.95 bits per heavy atom. The van der Waals surface area contributed by atoms with Crippen molar-refractivity contribution < 1.29 is 4.74 Å². The zero-order chi connectivity index (χ0) is 14.7. The SMILES string of the molecule is CNC(c1cncc(C)c1)C1(N2CCOCC2)CCCC1. The molecule has 1 aromatic rings. The van der Waals surface area contributed by atoms with Gasteiger partial charge in [-0.3, -0.25) is 9.88 Å². The van der Waals surface area contributed by atoms with Crippen LogP contribution in [0, 0.1) is 6.92 Å². The topological polar surface area (TPSA) is 37.4 Å². The Morgan fingerprint density at radius 3 is 2.57 bits per heavy atom. The lowest BCUT2D eigenvalue weighted by molar-refractivity contribution is -0.0354. The van der Waals surface area contributed by atoms with Crippen molar-refractivity contribution in [3.8, 4) is 0 Å². The first kappa shape index (κ1) is 14.9. The van der Waals surface area contributed by atoms with E-state index in [1.54, 1.807) is 0 Å². The predicted octanol–water partition coefficient (Wildman–Crippen LogP) is 2.30. The number of rotatable bonds is 4. The number of nitrogens with zero attached hydrogens (tertiary/aromatic N) is 2. The Morgan fingerprint density at radius 1 is 1.24 bits per heavy atom. The van der Waals surface area contributed by atoms with Gasteiger partial charge in [-0.25, -0.2) is 0 Å². The fourth-order valence-electron chi connectivity index (χ4n) is 4.27. The molecule has 1 unspecified atom stereocenters. The average Bonchev–Trinajstić information content (AvgIpc) is 3.00. The fraction of sp³-hybridized carbons (Fsp3) is 0.706. The number of ether oxygens (including phenoxy) is 1. The average molecular weight is 289 g/mol. The second-order valence-corrected chi connectivity index (χ2v) is 6.43. The highest BCUT2D eigenvalue weighted by atomic mass is 16.5. The van der Waals surface area contributed by atoms with E-state index >= 15 is 0 Å². The maximum absolute atomic E-state index is 5.57. The van der Waals surface area contributed by atoms with Crippen molar-refractivity contribution in [1.82, 2.24) is 15.2 Å². The molecule has 0 bridgehead atoms. The van der Waals surface area contributed by atoms with Crippen LogP contribution in [-0.4, -0.2) is 48.8 Å². The molecule has 1 saturated carbocycles. The van der Waals surface area contributed by atoms with E-state index in [0.717, 1.165) is 26.3 Å². The Bertz CT molecular complexity index is 465. The van der Waals surface area contributed by atoms with Gasteiger partial charge in [0.05, 0.1) is 19.3 Å². The molecule has 2 heterocycles. The summed E-state index contributed by atoms with van der Waals surface area (Å²) in [7, 11) is 2.09. The van der Waals surface area contributed by atoms with E-state index in [1.165, 1.54) is 36.8 Å². The van der Waals surface area contributed by atoms with Crippen molar-refractivity contribution in [2.45, 2.75) is 44.2 Å². The Labute approximate surface area is 127 Å². The summed E-state index contributed by atoms with van der Waals surface area (Å²) < 4.78 is 5.57. The molecule has 1 saturated heterocycles. The van der Waals surface area contributed by atoms with Crippen LogP contribution in [0.3, 0.4) is 0 Å². The molecule has 21 heavy (non-hydrogen) atoms. The quantitative estimate of drug-likeness (QED) is 0.923. The van der Waals surface area contributed by atoms with Gasteiger partial charge >= 0.3 is 0 Å². The van der Waals surface area contributed by atoms with Crippen LogP contribution in [0.15, 0.2) is 18.5 Å². The van der Waals surface area contributed by atoms with E-state index in [0.29, 0.717) is 6.04 Å². The molecule has 0 amide bonds. The number of hydrogen-bond acceptors (Lipinski definition) is 4. The molecule has 116 valence electrons. The number of nitrogens with one attached hydrogen (secondary N) is 1. The summed E-state index contributed by atoms with van der Waals surface area (Å²) in [6.07, 6.45) is 9.17. The Balaban J connectivity index is 1.93. The second-order valence-electron chi connectivity index (χ2n) is 6.43. The maximum Gasteiger partial charge on any atom is 0.0594 e. The van der Waals surface area contributed by atoms with Gasteiger partial charge in [0.2, 0.25) is 0 Å². The highest BCUT2D eigenvalue weighted by molar-refractivity contribution is 5.25. The molecule has 1 N–H and O–H groups in total. The van der Waals surface area contributed by atoms with E-state index < -0.39 is 0 Å². The minimum atomic E-state index is 0.230. The molecule has 0 aromatic carbocycles. The van der Waals surface area contributed by atoms with Crippen LogP contribution < -0.4 is 5.32 Å². The van der Waals surface area contributed by atoms with Gasteiger partial charge in [-0.05, 0) is 37.9 Å². The first-order valence-corrected chi connectivity index (χ1v) is 8.18. The number of pyridine rings is 1. The molecule has 1 aliphatic heterocycles. The van der Waals surface area contributed by atoms with Crippen LogP contribution in [0.4, 0.5) is 0 Å². The summed E-state index contributed by atoms with van der Waals surface area (Å²) in [6.45, 7) is 5.96. The summed E-state index contributed by atoms with van der Waals surface area (Å²) >= 11 is 0. The first-order chi connectivity index (χ1) is 10.3. The molecule has 1 atom stereocenters. The van der Waals surface area contributed by atoms with Crippen molar-refractivity contribution in [3.63, 3.8) is 0 Å². The molecule has 2 fully saturated rings. The van der Waals surface area contributed by atoms with E-state index in [-0.39, 0.29) is 5.54 Å². The summed E-state index contributed by atoms with van der Waals surface area (Å²) in [5.74, 6) is 0. The van der Waals surface area contributed by atoms with Gasteiger partial charge in [-0.1, -0.05) is 18.9 Å². The molecule has 1 aromatic heterocycles. The molecule has 3 rings (SSSR count). The van der Waals surface area contributed by atoms with Crippen molar-refractivity contribution in [2.24, 2.45) is 0 Å². The highest BCUT2D eigenvalue weighted by Crippen LogP contribution is 2.44. The van der Waals surface area contributed by atoms with Crippen LogP contribution in [-0.2, 0) is 4.74 Å². The van der Waals surface area contributed by atoms with Gasteiger partial charge in [0.15, 0.2) is 0 Å². The van der Waals surface area contributed by atoms with Crippen LogP contribution in [0.2, 0.25) is 0 Å². The highest BCUT2D eigenvalue weighted by Gasteiger charge is 2.46. The lowest BCUT2D eigenvalue weighted by Gasteiger charge is -2.48. The van der Waals surface area contributed by atoms with E-state index in [9.17, 15) is 0 Å². The van der Waals surface area contributed by atoms with Gasteiger partial charge in [-0.2, -0.15) is 0 Å². The lowest BCUT2D eigenvalue weighted by Crippen LogP contribution is -2.57. The molecular weight excluding hydrogens is 262 g/mol. The van der Waals surface area contributed by atoms with Gasteiger partial charge < -0.3 is 10.1 Å². The smallest absolute Gasteiger partial charge is 0.0594 e. The van der Waals surface area contributed by atoms with Gasteiger partial charge in [-0.15, -0.1) is 0 Å². The number of likely N-dealkylation sites (N-methyl/N-ethyl adjacent to an activating group) is 1. The zero-order valence-corrected chi connectivity index (χ0v) is 13.3. The summed E-state index contributed by atoms with van der Waals surface area (Å²) in [4.78, 5) is 7.09. The monoisotopic (exact) mass is 289 g/mol. The minimum Gasteiger partial charge on any atom is -0.379 e. The Kier molecular flexibility index (Phi) is 4.57. The van der Waals surface area contributed by atoms with Crippen LogP contribution >= 0.6 is 0 Å². The van der Waals surface area contributed by atoms with Gasteiger partial charge in [0.25, 0.3) is 0 Å². The number of aromatic nitrogens is 1. The number of morpholine rings is 1. The number of aryl methyl sites for hydroxylation is 1. The van der Waals surface area contributed by atoms with Gasteiger partial charge in [0, 0.05) is 31.0 Å². The van der Waals surface area contributed by atoms with E-state index in [1.807, 2.05) is 12.4 Å².